The number of hydrogen-bond acceptors (Lipinski definition) is 5. The molecule has 5 rings (SSSR count). The number of carbonyl (C=O) groups excluding carboxylic acids is 2. The fourth-order valence-corrected chi connectivity index (χ4v) is 5.29. The number of benzene rings is 2. The summed E-state index contributed by atoms with van der Waals surface area (Å²) in [6.45, 7) is 2.32. The van der Waals surface area contributed by atoms with Crippen LogP contribution < -0.4 is 4.74 Å². The number of ketones is 1. The first-order valence-corrected chi connectivity index (χ1v) is 11.2. The summed E-state index contributed by atoms with van der Waals surface area (Å²) in [5, 5.41) is 10.1. The van der Waals surface area contributed by atoms with Crippen LogP contribution in [-0.2, 0) is 20.9 Å². The van der Waals surface area contributed by atoms with Crippen LogP contribution in [0.5, 0.6) is 11.5 Å². The molecule has 2 aliphatic heterocycles. The molecule has 6 nitrogen and oxygen atoms in total. The lowest BCUT2D eigenvalue weighted by molar-refractivity contribution is -0.136. The van der Waals surface area contributed by atoms with E-state index < -0.39 is 6.04 Å². The van der Waals surface area contributed by atoms with E-state index in [9.17, 15) is 19.1 Å². The monoisotopic (exact) mass is 451 g/mol. The number of ether oxygens (including phenoxy) is 2. The molecule has 2 heterocycles. The van der Waals surface area contributed by atoms with Gasteiger partial charge < -0.3 is 19.5 Å². The maximum atomic E-state index is 13.7. The summed E-state index contributed by atoms with van der Waals surface area (Å²) < 4.78 is 24.9. The summed E-state index contributed by atoms with van der Waals surface area (Å²) in [5.74, 6) is -0.263. The van der Waals surface area contributed by atoms with E-state index in [1.165, 1.54) is 25.3 Å². The molecule has 2 aromatic carbocycles. The van der Waals surface area contributed by atoms with E-state index in [0.717, 1.165) is 24.8 Å². The third kappa shape index (κ3) is 3.65. The minimum Gasteiger partial charge on any atom is -0.504 e. The van der Waals surface area contributed by atoms with Crippen molar-refractivity contribution in [2.24, 2.45) is 11.8 Å². The number of fused-ring (bicyclic) bond motifs is 1. The summed E-state index contributed by atoms with van der Waals surface area (Å²) in [6, 6.07) is 10.1. The van der Waals surface area contributed by atoms with E-state index in [-0.39, 0.29) is 53.3 Å². The van der Waals surface area contributed by atoms with Crippen molar-refractivity contribution in [3.05, 3.63) is 70.7 Å². The van der Waals surface area contributed by atoms with Crippen LogP contribution in [0.15, 0.2) is 53.8 Å². The lowest BCUT2D eigenvalue weighted by atomic mass is 9.74. The number of halogens is 1. The zero-order valence-corrected chi connectivity index (χ0v) is 18.6. The molecule has 33 heavy (non-hydrogen) atoms. The lowest BCUT2D eigenvalue weighted by Gasteiger charge is -2.37. The smallest absolute Gasteiger partial charge is 0.290 e. The number of Topliss-reactive ketones (excluding diaryl/α,β-unsaturated/α-hetero) is 1. The molecular weight excluding hydrogens is 425 g/mol. The molecule has 0 bridgehead atoms. The Kier molecular flexibility index (Phi) is 5.35. The number of phenols is 1. The van der Waals surface area contributed by atoms with E-state index >= 15 is 0 Å². The van der Waals surface area contributed by atoms with Gasteiger partial charge in [-0.15, -0.1) is 0 Å². The van der Waals surface area contributed by atoms with Gasteiger partial charge in [-0.1, -0.05) is 25.1 Å². The number of nitrogens with zero attached hydrogens (tertiary/aromatic N) is 1. The summed E-state index contributed by atoms with van der Waals surface area (Å²) in [5.41, 5.74) is 1.74. The standard InChI is InChI=1S/C26H26FNO5/c1-14-3-10-20-18(11-14)24(30)22-23(16-6-9-19(29)21(12-16)32-2)28(26(31)25(22)33-20)13-15-4-7-17(27)8-5-15/h4-9,12,14,18,20,23,29H,3,10-11,13H2,1-2H3. The van der Waals surface area contributed by atoms with E-state index in [0.29, 0.717) is 17.1 Å². The van der Waals surface area contributed by atoms with E-state index in [2.05, 4.69) is 6.92 Å². The number of carbonyl (C=O) groups is 2. The minimum atomic E-state index is -0.683. The van der Waals surface area contributed by atoms with Gasteiger partial charge in [0.2, 0.25) is 0 Å². The molecule has 0 aromatic heterocycles. The molecule has 1 amide bonds. The summed E-state index contributed by atoms with van der Waals surface area (Å²) in [4.78, 5) is 28.9. The predicted molar refractivity (Wildman–Crippen MR) is 118 cm³/mol. The van der Waals surface area contributed by atoms with Crippen molar-refractivity contribution < 1.29 is 28.6 Å². The number of aromatic hydroxyl groups is 1. The Balaban J connectivity index is 1.59. The molecule has 7 heteroatoms. The molecule has 3 aliphatic rings. The van der Waals surface area contributed by atoms with Crippen LogP contribution in [0.4, 0.5) is 4.39 Å². The number of phenolic OH excluding ortho intramolecular Hbond substituents is 1. The largest absolute Gasteiger partial charge is 0.504 e. The molecule has 172 valence electrons. The van der Waals surface area contributed by atoms with Crippen LogP contribution in [0.25, 0.3) is 0 Å². The number of methoxy groups -OCH3 is 1. The molecular formula is C26H26FNO5. The van der Waals surface area contributed by atoms with Gasteiger partial charge in [-0.05, 0) is 60.6 Å². The third-order valence-electron chi connectivity index (χ3n) is 6.99. The zero-order chi connectivity index (χ0) is 23.3. The zero-order valence-electron chi connectivity index (χ0n) is 18.6. The van der Waals surface area contributed by atoms with Gasteiger partial charge in [0.25, 0.3) is 5.91 Å². The normalized spacial score (nSPS) is 26.7. The average Bonchev–Trinajstić information content (AvgIpc) is 3.08. The highest BCUT2D eigenvalue weighted by atomic mass is 19.1. The molecule has 1 saturated carbocycles. The minimum absolute atomic E-state index is 0.0303. The Morgan fingerprint density at radius 3 is 2.64 bits per heavy atom. The SMILES string of the molecule is COc1cc(C2C3=C(OC4CCC(C)CC4C3=O)C(=O)N2Cc2ccc(F)cc2)ccc1O. The lowest BCUT2D eigenvalue weighted by Crippen LogP contribution is -2.41. The van der Waals surface area contributed by atoms with Crippen LogP contribution in [0.1, 0.15) is 43.4 Å². The van der Waals surface area contributed by atoms with Gasteiger partial charge in [0.15, 0.2) is 23.0 Å². The van der Waals surface area contributed by atoms with Crippen molar-refractivity contribution in [2.75, 3.05) is 7.11 Å². The van der Waals surface area contributed by atoms with Crippen LogP contribution in [0, 0.1) is 17.7 Å². The maximum absolute atomic E-state index is 13.7. The summed E-state index contributed by atoms with van der Waals surface area (Å²) in [6.07, 6.45) is 2.16. The van der Waals surface area contributed by atoms with Crippen LogP contribution >= 0.6 is 0 Å². The van der Waals surface area contributed by atoms with Crippen molar-refractivity contribution in [1.29, 1.82) is 0 Å². The number of amides is 1. The highest BCUT2D eigenvalue weighted by Crippen LogP contribution is 2.48. The van der Waals surface area contributed by atoms with Crippen molar-refractivity contribution in [3.8, 4) is 11.5 Å². The van der Waals surface area contributed by atoms with E-state index in [1.807, 2.05) is 0 Å². The van der Waals surface area contributed by atoms with Gasteiger partial charge >= 0.3 is 0 Å². The molecule has 1 N–H and O–H groups in total. The third-order valence-corrected chi connectivity index (χ3v) is 6.99. The molecule has 0 spiro atoms. The van der Waals surface area contributed by atoms with E-state index in [1.54, 1.807) is 29.2 Å². The number of hydrogen-bond donors (Lipinski definition) is 1. The second kappa shape index (κ2) is 8.21. The van der Waals surface area contributed by atoms with Gasteiger partial charge in [-0.25, -0.2) is 4.39 Å². The fourth-order valence-electron chi connectivity index (χ4n) is 5.29. The topological polar surface area (TPSA) is 76.1 Å². The molecule has 4 unspecified atom stereocenters. The fraction of sp³-hybridized carbons (Fsp3) is 0.385. The second-order valence-corrected chi connectivity index (χ2v) is 9.18. The van der Waals surface area contributed by atoms with Gasteiger partial charge in [-0.3, -0.25) is 9.59 Å². The molecule has 2 aromatic rings. The first kappa shape index (κ1) is 21.5. The average molecular weight is 451 g/mol. The van der Waals surface area contributed by atoms with Crippen molar-refractivity contribution in [3.63, 3.8) is 0 Å². The van der Waals surface area contributed by atoms with Gasteiger partial charge in [0, 0.05) is 6.54 Å². The Morgan fingerprint density at radius 2 is 1.91 bits per heavy atom. The Labute approximate surface area is 191 Å². The van der Waals surface area contributed by atoms with E-state index in [4.69, 9.17) is 9.47 Å². The van der Waals surface area contributed by atoms with Crippen LogP contribution in [0.3, 0.4) is 0 Å². The van der Waals surface area contributed by atoms with Crippen LogP contribution in [0.2, 0.25) is 0 Å². The van der Waals surface area contributed by atoms with Gasteiger partial charge in [0.1, 0.15) is 11.9 Å². The second-order valence-electron chi connectivity index (χ2n) is 9.18. The van der Waals surface area contributed by atoms with Gasteiger partial charge in [0.05, 0.1) is 24.6 Å². The Hall–Kier alpha value is -3.35. The maximum Gasteiger partial charge on any atom is 0.290 e. The predicted octanol–water partition coefficient (Wildman–Crippen LogP) is 4.28. The highest BCUT2D eigenvalue weighted by molar-refractivity contribution is 6.11. The Bertz CT molecular complexity index is 1140. The quantitative estimate of drug-likeness (QED) is 0.751. The molecule has 0 saturated heterocycles. The van der Waals surface area contributed by atoms with Crippen molar-refractivity contribution >= 4 is 11.7 Å². The molecule has 0 radical (unpaired) electrons. The molecule has 1 fully saturated rings. The molecule has 1 aliphatic carbocycles. The van der Waals surface area contributed by atoms with Gasteiger partial charge in [-0.2, -0.15) is 0 Å². The van der Waals surface area contributed by atoms with Crippen molar-refractivity contribution in [2.45, 2.75) is 44.9 Å². The number of rotatable bonds is 4. The van der Waals surface area contributed by atoms with Crippen LogP contribution in [-0.4, -0.2) is 34.9 Å². The first-order chi connectivity index (χ1) is 15.9. The molecule has 4 atom stereocenters. The summed E-state index contributed by atoms with van der Waals surface area (Å²) in [7, 11) is 1.45. The highest BCUT2D eigenvalue weighted by Gasteiger charge is 2.52. The summed E-state index contributed by atoms with van der Waals surface area (Å²) >= 11 is 0. The first-order valence-electron chi connectivity index (χ1n) is 11.2. The van der Waals surface area contributed by atoms with Crippen molar-refractivity contribution in [1.82, 2.24) is 4.90 Å². The Morgan fingerprint density at radius 1 is 1.15 bits per heavy atom.